The molecule has 16 nitrogen and oxygen atoms in total. The maximum absolute atomic E-state index is 13.5. The minimum atomic E-state index is -1.52. The minimum absolute atomic E-state index is 0.0184. The van der Waals surface area contributed by atoms with Crippen LogP contribution in [0.2, 0.25) is 0 Å². The number of nitrogens with two attached hydrogens (primary N) is 5. The number of carboxylic acids is 1. The molecule has 15 N–H and O–H groups in total. The first-order valence-corrected chi connectivity index (χ1v) is 13.9. The topological polar surface area (TPSA) is 300 Å². The van der Waals surface area contributed by atoms with Crippen LogP contribution < -0.4 is 44.6 Å². The Balaban J connectivity index is 2.24. The van der Waals surface area contributed by atoms with Crippen molar-refractivity contribution in [2.75, 3.05) is 13.1 Å². The van der Waals surface area contributed by atoms with Crippen molar-refractivity contribution in [3.63, 3.8) is 0 Å². The summed E-state index contributed by atoms with van der Waals surface area (Å²) >= 11 is 0. The van der Waals surface area contributed by atoms with E-state index < -0.39 is 60.2 Å². The van der Waals surface area contributed by atoms with Gasteiger partial charge in [-0.25, -0.2) is 4.79 Å². The van der Waals surface area contributed by atoms with Crippen LogP contribution in [0.25, 0.3) is 10.9 Å². The van der Waals surface area contributed by atoms with Crippen LogP contribution >= 0.6 is 0 Å². The van der Waals surface area contributed by atoms with Gasteiger partial charge in [0.1, 0.15) is 18.1 Å². The first kappa shape index (κ1) is 34.5. The maximum atomic E-state index is 13.5. The van der Waals surface area contributed by atoms with Crippen molar-refractivity contribution in [3.05, 3.63) is 36.0 Å². The van der Waals surface area contributed by atoms with Crippen LogP contribution in [0.5, 0.6) is 0 Å². The number of para-hydroxylation sites is 1. The Labute approximate surface area is 248 Å². The molecule has 4 atom stereocenters. The zero-order valence-electron chi connectivity index (χ0n) is 23.9. The zero-order chi connectivity index (χ0) is 31.9. The molecule has 1 aromatic heterocycles. The number of aliphatic imine (C=N–C) groups is 1. The quantitative estimate of drug-likeness (QED) is 0.0463. The van der Waals surface area contributed by atoms with Gasteiger partial charge < -0.3 is 54.7 Å². The number of hydrogen-bond acceptors (Lipinski definition) is 8. The smallest absolute Gasteiger partial charge is 0.326 e. The van der Waals surface area contributed by atoms with E-state index in [1.807, 2.05) is 24.3 Å². The molecule has 43 heavy (non-hydrogen) atoms. The average Bonchev–Trinajstić information content (AvgIpc) is 3.35. The van der Waals surface area contributed by atoms with E-state index in [0.717, 1.165) is 10.9 Å². The molecule has 236 valence electrons. The molecule has 0 saturated carbocycles. The monoisotopic (exact) mass is 602 g/mol. The molecule has 4 unspecified atom stereocenters. The number of unbranched alkanes of at least 4 members (excludes halogenated alkanes) is 1. The highest BCUT2D eigenvalue weighted by molar-refractivity contribution is 5.96. The second-order valence-electron chi connectivity index (χ2n) is 10.1. The van der Waals surface area contributed by atoms with E-state index in [-0.39, 0.29) is 31.8 Å². The summed E-state index contributed by atoms with van der Waals surface area (Å²) < 4.78 is 0. The summed E-state index contributed by atoms with van der Waals surface area (Å²) in [6.07, 6.45) is 2.93. The van der Waals surface area contributed by atoms with E-state index in [1.54, 1.807) is 6.20 Å². The Bertz CT molecular complexity index is 1290. The van der Waals surface area contributed by atoms with Crippen LogP contribution in [0.1, 0.15) is 44.1 Å². The number of aromatic amines is 1. The standard InChI is InChI=1S/C27H42N10O6/c28-10-4-3-7-17(29)23(39)36-20(12-15-14-34-18-8-2-1-6-16(15)18)24(40)37-21(13-22(30)38)25(41)35-19(26(42)43)9-5-11-33-27(31)32/h1-2,6,8,14,17,19-21,34H,3-5,7,9-13,28-29H2,(H2,30,38)(H,35,41)(H,36,39)(H,37,40)(H,42,43)(H4,31,32,33). The van der Waals surface area contributed by atoms with Gasteiger partial charge in [-0.15, -0.1) is 0 Å². The van der Waals surface area contributed by atoms with Crippen molar-refractivity contribution in [1.82, 2.24) is 20.9 Å². The van der Waals surface area contributed by atoms with Crippen molar-refractivity contribution in [2.45, 2.75) is 69.1 Å². The number of H-pyrrole nitrogens is 1. The lowest BCUT2D eigenvalue weighted by Crippen LogP contribution is -2.58. The molecule has 1 aromatic carbocycles. The number of rotatable bonds is 19. The van der Waals surface area contributed by atoms with Crippen LogP contribution in [0.4, 0.5) is 0 Å². The Morgan fingerprint density at radius 2 is 1.51 bits per heavy atom. The fraction of sp³-hybridized carbons (Fsp3) is 0.481. The van der Waals surface area contributed by atoms with Gasteiger partial charge >= 0.3 is 5.97 Å². The van der Waals surface area contributed by atoms with Crippen molar-refractivity contribution in [3.8, 4) is 0 Å². The molecular weight excluding hydrogens is 560 g/mol. The van der Waals surface area contributed by atoms with Crippen LogP contribution in [-0.4, -0.2) is 82.9 Å². The Morgan fingerprint density at radius 3 is 2.16 bits per heavy atom. The predicted octanol–water partition coefficient (Wildman–Crippen LogP) is -2.37. The van der Waals surface area contributed by atoms with E-state index in [4.69, 9.17) is 28.7 Å². The van der Waals surface area contributed by atoms with Gasteiger partial charge in [0.25, 0.3) is 0 Å². The number of primary amides is 1. The van der Waals surface area contributed by atoms with Gasteiger partial charge in [-0.1, -0.05) is 24.6 Å². The van der Waals surface area contributed by atoms with Crippen molar-refractivity contribution >= 4 is 46.5 Å². The van der Waals surface area contributed by atoms with Crippen molar-refractivity contribution in [2.24, 2.45) is 33.7 Å². The second kappa shape index (κ2) is 17.3. The summed E-state index contributed by atoms with van der Waals surface area (Å²) in [7, 11) is 0. The first-order valence-electron chi connectivity index (χ1n) is 13.9. The molecule has 4 amide bonds. The molecular formula is C27H42N10O6. The molecule has 2 rings (SSSR count). The van der Waals surface area contributed by atoms with Gasteiger partial charge in [0.05, 0.1) is 12.5 Å². The number of amides is 4. The molecule has 0 aliphatic rings. The molecule has 0 bridgehead atoms. The van der Waals surface area contributed by atoms with Gasteiger partial charge in [0, 0.05) is 30.1 Å². The summed E-state index contributed by atoms with van der Waals surface area (Å²) in [5.74, 6) is -4.74. The van der Waals surface area contributed by atoms with Crippen molar-refractivity contribution in [1.29, 1.82) is 0 Å². The second-order valence-corrected chi connectivity index (χ2v) is 10.1. The molecule has 0 aliphatic carbocycles. The number of hydrogen-bond donors (Lipinski definition) is 10. The summed E-state index contributed by atoms with van der Waals surface area (Å²) in [5.41, 5.74) is 28.9. The van der Waals surface area contributed by atoms with Gasteiger partial charge in [-0.3, -0.25) is 24.2 Å². The Hall–Kier alpha value is -4.70. The lowest BCUT2D eigenvalue weighted by atomic mass is 10.0. The Morgan fingerprint density at radius 1 is 0.860 bits per heavy atom. The summed E-state index contributed by atoms with van der Waals surface area (Å²) in [4.78, 5) is 70.0. The lowest BCUT2D eigenvalue weighted by molar-refractivity contribution is -0.142. The highest BCUT2D eigenvalue weighted by Crippen LogP contribution is 2.19. The fourth-order valence-corrected chi connectivity index (χ4v) is 4.36. The van der Waals surface area contributed by atoms with Gasteiger partial charge in [-0.2, -0.15) is 0 Å². The molecule has 0 aliphatic heterocycles. The molecule has 0 radical (unpaired) electrons. The summed E-state index contributed by atoms with van der Waals surface area (Å²) in [5, 5.41) is 17.8. The summed E-state index contributed by atoms with van der Waals surface area (Å²) in [6.45, 7) is 0.579. The number of nitrogens with zero attached hydrogens (tertiary/aromatic N) is 1. The predicted molar refractivity (Wildman–Crippen MR) is 160 cm³/mol. The Kier molecular flexibility index (Phi) is 13.9. The molecule has 16 heteroatoms. The number of aromatic nitrogens is 1. The third kappa shape index (κ3) is 11.6. The number of carbonyl (C=O) groups is 5. The van der Waals surface area contributed by atoms with Crippen molar-refractivity contribution < 1.29 is 29.1 Å². The third-order valence-corrected chi connectivity index (χ3v) is 6.64. The van der Waals surface area contributed by atoms with E-state index in [2.05, 4.69) is 25.9 Å². The molecule has 0 saturated heterocycles. The van der Waals surface area contributed by atoms with E-state index in [1.165, 1.54) is 0 Å². The van der Waals surface area contributed by atoms with Gasteiger partial charge in [0.15, 0.2) is 5.96 Å². The van der Waals surface area contributed by atoms with E-state index in [0.29, 0.717) is 31.4 Å². The number of fused-ring (bicyclic) bond motifs is 1. The molecule has 0 spiro atoms. The lowest BCUT2D eigenvalue weighted by Gasteiger charge is -2.25. The van der Waals surface area contributed by atoms with E-state index in [9.17, 15) is 29.1 Å². The first-order chi connectivity index (χ1) is 20.4. The normalized spacial score (nSPS) is 13.7. The van der Waals surface area contributed by atoms with E-state index >= 15 is 0 Å². The third-order valence-electron chi connectivity index (χ3n) is 6.64. The minimum Gasteiger partial charge on any atom is -0.480 e. The van der Waals surface area contributed by atoms with Crippen LogP contribution in [0.3, 0.4) is 0 Å². The number of carboxylic acid groups (broad SMARTS) is 1. The highest BCUT2D eigenvalue weighted by Gasteiger charge is 2.31. The number of benzene rings is 1. The largest absolute Gasteiger partial charge is 0.480 e. The summed E-state index contributed by atoms with van der Waals surface area (Å²) in [6, 6.07) is 2.36. The van der Waals surface area contributed by atoms with Crippen LogP contribution in [0, 0.1) is 0 Å². The molecule has 1 heterocycles. The molecule has 0 fully saturated rings. The fourth-order valence-electron chi connectivity index (χ4n) is 4.36. The van der Waals surface area contributed by atoms with Gasteiger partial charge in [0.2, 0.25) is 23.6 Å². The SMILES string of the molecule is NCCCCC(N)C(=O)NC(Cc1c[nH]c2ccccc12)C(=O)NC(CC(N)=O)C(=O)NC(CCCN=C(N)N)C(=O)O. The zero-order valence-corrected chi connectivity index (χ0v) is 23.9. The average molecular weight is 603 g/mol. The van der Waals surface area contributed by atoms with Crippen LogP contribution in [-0.2, 0) is 30.4 Å². The maximum Gasteiger partial charge on any atom is 0.326 e. The van der Waals surface area contributed by atoms with Gasteiger partial charge in [-0.05, 0) is 43.9 Å². The number of nitrogens with one attached hydrogen (secondary N) is 4. The highest BCUT2D eigenvalue weighted by atomic mass is 16.4. The van der Waals surface area contributed by atoms with Crippen LogP contribution in [0.15, 0.2) is 35.5 Å². The molecule has 2 aromatic rings. The number of carbonyl (C=O) groups excluding carboxylic acids is 4. The number of aliphatic carboxylic acids is 1. The number of guanidine groups is 1.